The molecule has 0 aliphatic carbocycles. The lowest BCUT2D eigenvalue weighted by molar-refractivity contribution is 0.0925. The van der Waals surface area contributed by atoms with Crippen molar-refractivity contribution in [1.82, 2.24) is 25.1 Å². The maximum absolute atomic E-state index is 12.1. The maximum atomic E-state index is 12.1. The molecular formula is C21H32N6O2. The van der Waals surface area contributed by atoms with Crippen molar-refractivity contribution in [2.24, 2.45) is 10.9 Å². The van der Waals surface area contributed by atoms with Crippen molar-refractivity contribution in [1.29, 1.82) is 0 Å². The molecular weight excluding hydrogens is 368 g/mol. The molecule has 8 heteroatoms. The number of nitrogens with zero attached hydrogens (tertiary/aromatic N) is 4. The Balaban J connectivity index is 1.51. The van der Waals surface area contributed by atoms with Gasteiger partial charge in [-0.25, -0.2) is 4.98 Å². The first-order chi connectivity index (χ1) is 14.1. The molecule has 1 saturated heterocycles. The zero-order valence-corrected chi connectivity index (χ0v) is 17.6. The second-order valence-corrected chi connectivity index (χ2v) is 7.57. The predicted molar refractivity (Wildman–Crippen MR) is 113 cm³/mol. The number of rotatable bonds is 7. The number of aryl methyl sites for hydroxylation is 1. The molecule has 1 aliphatic heterocycles. The number of likely N-dealkylation sites (tertiary alicyclic amines) is 1. The number of imidazole rings is 1. The molecule has 1 aliphatic rings. The van der Waals surface area contributed by atoms with Crippen LogP contribution >= 0.6 is 0 Å². The Morgan fingerprint density at radius 3 is 2.97 bits per heavy atom. The number of carbonyl (C=O) groups is 1. The van der Waals surface area contributed by atoms with Gasteiger partial charge in [0.05, 0.1) is 18.6 Å². The van der Waals surface area contributed by atoms with Gasteiger partial charge >= 0.3 is 0 Å². The van der Waals surface area contributed by atoms with Gasteiger partial charge in [0, 0.05) is 50.7 Å². The van der Waals surface area contributed by atoms with Crippen LogP contribution in [-0.2, 0) is 0 Å². The molecule has 1 amide bonds. The Morgan fingerprint density at radius 2 is 2.28 bits per heavy atom. The van der Waals surface area contributed by atoms with Crippen LogP contribution in [0.5, 0.6) is 0 Å². The van der Waals surface area contributed by atoms with E-state index in [2.05, 4.69) is 38.9 Å². The van der Waals surface area contributed by atoms with Gasteiger partial charge < -0.3 is 24.5 Å². The van der Waals surface area contributed by atoms with Crippen LogP contribution in [0.15, 0.2) is 40.5 Å². The van der Waals surface area contributed by atoms with Crippen LogP contribution in [-0.4, -0.2) is 59.0 Å². The van der Waals surface area contributed by atoms with E-state index in [0.29, 0.717) is 30.8 Å². The van der Waals surface area contributed by atoms with Crippen molar-refractivity contribution in [2.45, 2.75) is 39.7 Å². The topological polar surface area (TPSA) is 87.7 Å². The van der Waals surface area contributed by atoms with E-state index in [1.54, 1.807) is 6.07 Å². The smallest absolute Gasteiger partial charge is 0.287 e. The molecule has 0 saturated carbocycles. The zero-order chi connectivity index (χ0) is 20.6. The molecule has 158 valence electrons. The Labute approximate surface area is 172 Å². The monoisotopic (exact) mass is 400 g/mol. The summed E-state index contributed by atoms with van der Waals surface area (Å²) in [6, 6.07) is 2.18. The predicted octanol–water partition coefficient (Wildman–Crippen LogP) is 2.45. The first-order valence-electron chi connectivity index (χ1n) is 10.4. The fraction of sp³-hybridized carbons (Fsp3) is 0.571. The molecule has 29 heavy (non-hydrogen) atoms. The third-order valence-electron chi connectivity index (χ3n) is 5.41. The molecule has 2 aromatic rings. The fourth-order valence-electron chi connectivity index (χ4n) is 3.67. The minimum absolute atomic E-state index is 0.170. The number of guanidine groups is 1. The number of aromatic nitrogens is 2. The van der Waals surface area contributed by atoms with E-state index in [4.69, 9.17) is 9.41 Å². The normalized spacial score (nSPS) is 20.0. The highest BCUT2D eigenvalue weighted by atomic mass is 16.3. The van der Waals surface area contributed by atoms with Gasteiger partial charge in [-0.2, -0.15) is 0 Å². The van der Waals surface area contributed by atoms with Gasteiger partial charge in [0.25, 0.3) is 5.91 Å². The Kier molecular flexibility index (Phi) is 7.32. The Bertz CT molecular complexity index is 798. The van der Waals surface area contributed by atoms with E-state index in [9.17, 15) is 4.79 Å². The molecule has 2 aromatic heterocycles. The highest BCUT2D eigenvalue weighted by Gasteiger charge is 2.28. The lowest BCUT2D eigenvalue weighted by Gasteiger charge is -2.39. The Hall–Kier alpha value is -2.77. The average molecular weight is 401 g/mol. The van der Waals surface area contributed by atoms with Crippen LogP contribution in [0.2, 0.25) is 0 Å². The van der Waals surface area contributed by atoms with Gasteiger partial charge in [-0.3, -0.25) is 9.79 Å². The SMILES string of the molecule is CCNC(=NCCCNC(=O)c1occc1C)N1CCC(C)C(n2ccnc2)C1. The van der Waals surface area contributed by atoms with Crippen molar-refractivity contribution in [3.63, 3.8) is 0 Å². The van der Waals surface area contributed by atoms with Gasteiger partial charge in [-0.05, 0) is 38.7 Å². The van der Waals surface area contributed by atoms with E-state index in [1.807, 2.05) is 25.6 Å². The summed E-state index contributed by atoms with van der Waals surface area (Å²) in [6.45, 7) is 10.2. The number of furan rings is 1. The summed E-state index contributed by atoms with van der Waals surface area (Å²) >= 11 is 0. The zero-order valence-electron chi connectivity index (χ0n) is 17.6. The summed E-state index contributed by atoms with van der Waals surface area (Å²) in [4.78, 5) is 23.4. The molecule has 0 bridgehead atoms. The molecule has 1 fully saturated rings. The van der Waals surface area contributed by atoms with Crippen LogP contribution < -0.4 is 10.6 Å². The van der Waals surface area contributed by atoms with Crippen molar-refractivity contribution >= 4 is 11.9 Å². The molecule has 2 N–H and O–H groups in total. The highest BCUT2D eigenvalue weighted by molar-refractivity contribution is 5.92. The quantitative estimate of drug-likeness (QED) is 0.423. The number of nitrogens with one attached hydrogen (secondary N) is 2. The summed E-state index contributed by atoms with van der Waals surface area (Å²) in [7, 11) is 0. The van der Waals surface area contributed by atoms with Crippen LogP contribution in [0.1, 0.15) is 48.8 Å². The van der Waals surface area contributed by atoms with Crippen LogP contribution in [0.3, 0.4) is 0 Å². The van der Waals surface area contributed by atoms with Gasteiger partial charge in [0.1, 0.15) is 0 Å². The first-order valence-corrected chi connectivity index (χ1v) is 10.4. The van der Waals surface area contributed by atoms with Crippen LogP contribution in [0, 0.1) is 12.8 Å². The van der Waals surface area contributed by atoms with Crippen molar-refractivity contribution < 1.29 is 9.21 Å². The third-order valence-corrected chi connectivity index (χ3v) is 5.41. The molecule has 0 spiro atoms. The lowest BCUT2D eigenvalue weighted by atomic mass is 9.93. The number of amides is 1. The Morgan fingerprint density at radius 1 is 1.41 bits per heavy atom. The molecule has 8 nitrogen and oxygen atoms in total. The summed E-state index contributed by atoms with van der Waals surface area (Å²) in [5, 5.41) is 6.31. The first kappa shape index (κ1) is 21.0. The molecule has 3 heterocycles. The van der Waals surface area contributed by atoms with E-state index >= 15 is 0 Å². The summed E-state index contributed by atoms with van der Waals surface area (Å²) in [6.07, 6.45) is 9.20. The van der Waals surface area contributed by atoms with Crippen molar-refractivity contribution in [2.75, 3.05) is 32.7 Å². The molecule has 0 radical (unpaired) electrons. The van der Waals surface area contributed by atoms with Crippen molar-refractivity contribution in [3.05, 3.63) is 42.4 Å². The second-order valence-electron chi connectivity index (χ2n) is 7.57. The van der Waals surface area contributed by atoms with Crippen molar-refractivity contribution in [3.8, 4) is 0 Å². The van der Waals surface area contributed by atoms with Gasteiger partial charge in [0.15, 0.2) is 11.7 Å². The van der Waals surface area contributed by atoms with Gasteiger partial charge in [0.2, 0.25) is 0 Å². The standard InChI is InChI=1S/C21H32N6O2/c1-4-23-21(25-9-5-8-24-20(28)19-17(3)7-13-29-19)26-11-6-16(2)18(14-26)27-12-10-22-15-27/h7,10,12-13,15-16,18H,4-6,8-9,11,14H2,1-3H3,(H,23,25)(H,24,28). The summed E-state index contributed by atoms with van der Waals surface area (Å²) in [5.41, 5.74) is 0.849. The summed E-state index contributed by atoms with van der Waals surface area (Å²) < 4.78 is 7.42. The van der Waals surface area contributed by atoms with Crippen LogP contribution in [0.25, 0.3) is 0 Å². The van der Waals surface area contributed by atoms with E-state index in [-0.39, 0.29) is 5.91 Å². The number of hydrogen-bond donors (Lipinski definition) is 2. The van der Waals surface area contributed by atoms with Crippen LogP contribution in [0.4, 0.5) is 0 Å². The lowest BCUT2D eigenvalue weighted by Crippen LogP contribution is -2.49. The van der Waals surface area contributed by atoms with Gasteiger partial charge in [-0.15, -0.1) is 0 Å². The number of hydrogen-bond acceptors (Lipinski definition) is 4. The minimum atomic E-state index is -0.170. The molecule has 2 unspecified atom stereocenters. The maximum Gasteiger partial charge on any atom is 0.287 e. The van der Waals surface area contributed by atoms with Gasteiger partial charge in [-0.1, -0.05) is 6.92 Å². The number of piperidine rings is 1. The minimum Gasteiger partial charge on any atom is -0.459 e. The summed E-state index contributed by atoms with van der Waals surface area (Å²) in [5.74, 6) is 1.76. The third kappa shape index (κ3) is 5.40. The van der Waals surface area contributed by atoms with E-state index in [1.165, 1.54) is 6.26 Å². The number of aliphatic imine (C=N–C) groups is 1. The largest absolute Gasteiger partial charge is 0.459 e. The average Bonchev–Trinajstić information content (AvgIpc) is 3.39. The molecule has 3 rings (SSSR count). The fourth-order valence-corrected chi connectivity index (χ4v) is 3.67. The second kappa shape index (κ2) is 10.1. The molecule has 0 aromatic carbocycles. The molecule has 2 atom stereocenters. The highest BCUT2D eigenvalue weighted by Crippen LogP contribution is 2.27. The van der Waals surface area contributed by atoms with E-state index < -0.39 is 0 Å². The van der Waals surface area contributed by atoms with E-state index in [0.717, 1.165) is 44.0 Å². The number of carbonyl (C=O) groups excluding carboxylic acids is 1.